The maximum absolute atomic E-state index is 12.1. The molecule has 0 radical (unpaired) electrons. The summed E-state index contributed by atoms with van der Waals surface area (Å²) in [5, 5.41) is 3.23. The Kier molecular flexibility index (Phi) is 5.04. The van der Waals surface area contributed by atoms with E-state index in [-0.39, 0.29) is 5.91 Å². The molecular weight excluding hydrogens is 224 g/mol. The molecule has 2 aliphatic rings. The standard InChI is InChI=1S/C15H28N2O/c1-12-7-6-8-13(2)17(12)11-15(18)16-14-9-4-3-5-10-14/h12-14H,3-11H2,1-2H3,(H,16,18)/t12-,13-/m1/s1. The summed E-state index contributed by atoms with van der Waals surface area (Å²) in [5.74, 6) is 0.238. The summed E-state index contributed by atoms with van der Waals surface area (Å²) >= 11 is 0. The van der Waals surface area contributed by atoms with Crippen LogP contribution in [0, 0.1) is 0 Å². The van der Waals surface area contributed by atoms with Crippen LogP contribution in [-0.2, 0) is 4.79 Å². The zero-order chi connectivity index (χ0) is 13.0. The van der Waals surface area contributed by atoms with Gasteiger partial charge in [-0.2, -0.15) is 0 Å². The number of carbonyl (C=O) groups is 1. The lowest BCUT2D eigenvalue weighted by atomic mass is 9.95. The van der Waals surface area contributed by atoms with Gasteiger partial charge in [0.25, 0.3) is 0 Å². The molecule has 1 heterocycles. The van der Waals surface area contributed by atoms with Crippen molar-refractivity contribution in [1.82, 2.24) is 10.2 Å². The van der Waals surface area contributed by atoms with Crippen LogP contribution in [0.25, 0.3) is 0 Å². The van der Waals surface area contributed by atoms with Gasteiger partial charge in [-0.15, -0.1) is 0 Å². The molecule has 3 nitrogen and oxygen atoms in total. The fourth-order valence-electron chi connectivity index (χ4n) is 3.47. The lowest BCUT2D eigenvalue weighted by Gasteiger charge is -2.38. The fourth-order valence-corrected chi connectivity index (χ4v) is 3.47. The predicted molar refractivity (Wildman–Crippen MR) is 74.5 cm³/mol. The number of likely N-dealkylation sites (tertiary alicyclic amines) is 1. The average Bonchev–Trinajstić information content (AvgIpc) is 2.35. The number of piperidine rings is 1. The van der Waals surface area contributed by atoms with Crippen molar-refractivity contribution in [1.29, 1.82) is 0 Å². The maximum Gasteiger partial charge on any atom is 0.234 e. The van der Waals surface area contributed by atoms with Crippen molar-refractivity contribution in [3.8, 4) is 0 Å². The highest BCUT2D eigenvalue weighted by Gasteiger charge is 2.27. The van der Waals surface area contributed by atoms with Gasteiger partial charge in [0.15, 0.2) is 0 Å². The Hall–Kier alpha value is -0.570. The van der Waals surface area contributed by atoms with Crippen LogP contribution in [0.5, 0.6) is 0 Å². The molecule has 2 fully saturated rings. The van der Waals surface area contributed by atoms with Gasteiger partial charge in [0.05, 0.1) is 6.54 Å². The van der Waals surface area contributed by atoms with Gasteiger partial charge in [-0.05, 0) is 39.5 Å². The minimum atomic E-state index is 0.238. The van der Waals surface area contributed by atoms with Crippen molar-refractivity contribution in [3.63, 3.8) is 0 Å². The highest BCUT2D eigenvalue weighted by atomic mass is 16.2. The quantitative estimate of drug-likeness (QED) is 0.837. The molecule has 3 heteroatoms. The van der Waals surface area contributed by atoms with Gasteiger partial charge >= 0.3 is 0 Å². The molecule has 0 bridgehead atoms. The maximum atomic E-state index is 12.1. The number of hydrogen-bond acceptors (Lipinski definition) is 2. The highest BCUT2D eigenvalue weighted by Crippen LogP contribution is 2.22. The molecule has 2 rings (SSSR count). The molecule has 0 aromatic carbocycles. The largest absolute Gasteiger partial charge is 0.352 e. The predicted octanol–water partition coefficient (Wildman–Crippen LogP) is 2.70. The summed E-state index contributed by atoms with van der Waals surface area (Å²) in [6, 6.07) is 1.57. The summed E-state index contributed by atoms with van der Waals surface area (Å²) in [5.41, 5.74) is 0. The van der Waals surface area contributed by atoms with E-state index in [1.54, 1.807) is 0 Å². The van der Waals surface area contributed by atoms with Crippen molar-refractivity contribution in [2.45, 2.75) is 83.3 Å². The Balaban J connectivity index is 1.78. The summed E-state index contributed by atoms with van der Waals surface area (Å²) in [6.07, 6.45) is 10.0. The van der Waals surface area contributed by atoms with Crippen LogP contribution in [0.2, 0.25) is 0 Å². The molecule has 1 aliphatic heterocycles. The molecule has 104 valence electrons. The smallest absolute Gasteiger partial charge is 0.234 e. The first kappa shape index (κ1) is 13.9. The van der Waals surface area contributed by atoms with E-state index in [1.165, 1.54) is 51.4 Å². The third-order valence-corrected chi connectivity index (χ3v) is 4.67. The van der Waals surface area contributed by atoms with Gasteiger partial charge in [-0.3, -0.25) is 9.69 Å². The number of hydrogen-bond donors (Lipinski definition) is 1. The summed E-state index contributed by atoms with van der Waals surface area (Å²) in [6.45, 7) is 5.10. The second kappa shape index (κ2) is 6.55. The minimum Gasteiger partial charge on any atom is -0.352 e. The lowest BCUT2D eigenvalue weighted by Crippen LogP contribution is -2.50. The normalized spacial score (nSPS) is 31.2. The summed E-state index contributed by atoms with van der Waals surface area (Å²) < 4.78 is 0. The molecule has 1 saturated carbocycles. The Labute approximate surface area is 111 Å². The van der Waals surface area contributed by atoms with Gasteiger partial charge in [0.2, 0.25) is 5.91 Å². The third-order valence-electron chi connectivity index (χ3n) is 4.67. The van der Waals surface area contributed by atoms with E-state index in [9.17, 15) is 4.79 Å². The van der Waals surface area contributed by atoms with Gasteiger partial charge in [-0.1, -0.05) is 25.7 Å². The van der Waals surface area contributed by atoms with Crippen molar-refractivity contribution in [2.75, 3.05) is 6.54 Å². The average molecular weight is 252 g/mol. The molecule has 1 saturated heterocycles. The van der Waals surface area contributed by atoms with E-state index in [4.69, 9.17) is 0 Å². The highest BCUT2D eigenvalue weighted by molar-refractivity contribution is 5.78. The van der Waals surface area contributed by atoms with Crippen LogP contribution in [0.15, 0.2) is 0 Å². The van der Waals surface area contributed by atoms with E-state index >= 15 is 0 Å². The number of carbonyl (C=O) groups excluding carboxylic acids is 1. The molecule has 0 spiro atoms. The van der Waals surface area contributed by atoms with Gasteiger partial charge in [0, 0.05) is 18.1 Å². The minimum absolute atomic E-state index is 0.238. The summed E-state index contributed by atoms with van der Waals surface area (Å²) in [4.78, 5) is 14.5. The number of rotatable bonds is 3. The molecule has 0 aromatic heterocycles. The molecule has 18 heavy (non-hydrogen) atoms. The van der Waals surface area contributed by atoms with Crippen LogP contribution in [0.3, 0.4) is 0 Å². The molecule has 0 aromatic rings. The van der Waals surface area contributed by atoms with Crippen molar-refractivity contribution in [2.24, 2.45) is 0 Å². The van der Waals surface area contributed by atoms with E-state index in [0.29, 0.717) is 24.7 Å². The topological polar surface area (TPSA) is 32.3 Å². The third kappa shape index (κ3) is 3.71. The van der Waals surface area contributed by atoms with E-state index < -0.39 is 0 Å². The van der Waals surface area contributed by atoms with Gasteiger partial charge < -0.3 is 5.32 Å². The number of amides is 1. The molecule has 0 unspecified atom stereocenters. The van der Waals surface area contributed by atoms with Crippen LogP contribution in [0.1, 0.15) is 65.2 Å². The van der Waals surface area contributed by atoms with Crippen LogP contribution < -0.4 is 5.32 Å². The first-order valence-corrected chi connectivity index (χ1v) is 7.72. The monoisotopic (exact) mass is 252 g/mol. The van der Waals surface area contributed by atoms with Crippen molar-refractivity contribution >= 4 is 5.91 Å². The Bertz CT molecular complexity index is 264. The van der Waals surface area contributed by atoms with E-state index in [2.05, 4.69) is 24.1 Å². The molecule has 1 N–H and O–H groups in total. The number of nitrogens with zero attached hydrogens (tertiary/aromatic N) is 1. The van der Waals surface area contributed by atoms with E-state index in [0.717, 1.165) is 0 Å². The second-order valence-corrected chi connectivity index (χ2v) is 6.20. The van der Waals surface area contributed by atoms with E-state index in [1.807, 2.05) is 0 Å². The Morgan fingerprint density at radius 3 is 2.22 bits per heavy atom. The zero-order valence-electron chi connectivity index (χ0n) is 12.0. The molecular formula is C15H28N2O. The SMILES string of the molecule is C[C@@H]1CCC[C@@H](C)N1CC(=O)NC1CCCCC1. The first-order valence-electron chi connectivity index (χ1n) is 7.72. The lowest BCUT2D eigenvalue weighted by molar-refractivity contribution is -0.124. The van der Waals surface area contributed by atoms with Crippen molar-refractivity contribution in [3.05, 3.63) is 0 Å². The second-order valence-electron chi connectivity index (χ2n) is 6.20. The molecule has 2 atom stereocenters. The van der Waals surface area contributed by atoms with Gasteiger partial charge in [0.1, 0.15) is 0 Å². The van der Waals surface area contributed by atoms with Crippen LogP contribution in [-0.4, -0.2) is 35.5 Å². The fraction of sp³-hybridized carbons (Fsp3) is 0.933. The first-order chi connectivity index (χ1) is 8.66. The zero-order valence-corrected chi connectivity index (χ0v) is 12.0. The Morgan fingerprint density at radius 2 is 1.61 bits per heavy atom. The van der Waals surface area contributed by atoms with Crippen LogP contribution >= 0.6 is 0 Å². The molecule has 1 amide bonds. The number of nitrogens with one attached hydrogen (secondary N) is 1. The molecule has 1 aliphatic carbocycles. The Morgan fingerprint density at radius 1 is 1.00 bits per heavy atom. The summed E-state index contributed by atoms with van der Waals surface area (Å²) in [7, 11) is 0. The van der Waals surface area contributed by atoms with Crippen LogP contribution in [0.4, 0.5) is 0 Å². The van der Waals surface area contributed by atoms with Gasteiger partial charge in [-0.25, -0.2) is 0 Å². The van der Waals surface area contributed by atoms with Crippen molar-refractivity contribution < 1.29 is 4.79 Å².